The third-order valence-corrected chi connectivity index (χ3v) is 2.96. The third kappa shape index (κ3) is 3.43. The molecule has 0 radical (unpaired) electrons. The SMILES string of the molecule is COc1ccc(OC)c(NC(=O)c2cnc(N(C)C)nc2)c1. The largest absolute Gasteiger partial charge is 0.497 e. The van der Waals surface area contributed by atoms with Crippen LogP contribution in [0.3, 0.4) is 0 Å². The van der Waals surface area contributed by atoms with Crippen LogP contribution in [0.1, 0.15) is 10.4 Å². The van der Waals surface area contributed by atoms with Crippen LogP contribution in [0, 0.1) is 0 Å². The molecule has 1 amide bonds. The minimum Gasteiger partial charge on any atom is -0.497 e. The summed E-state index contributed by atoms with van der Waals surface area (Å²) in [6, 6.07) is 5.16. The fourth-order valence-corrected chi connectivity index (χ4v) is 1.78. The number of amides is 1. The summed E-state index contributed by atoms with van der Waals surface area (Å²) in [6.45, 7) is 0. The number of ether oxygens (including phenoxy) is 2. The molecule has 2 rings (SSSR count). The van der Waals surface area contributed by atoms with E-state index < -0.39 is 0 Å². The highest BCUT2D eigenvalue weighted by Crippen LogP contribution is 2.29. The maximum atomic E-state index is 12.3. The van der Waals surface area contributed by atoms with Gasteiger partial charge in [-0.2, -0.15) is 0 Å². The summed E-state index contributed by atoms with van der Waals surface area (Å²) >= 11 is 0. The van der Waals surface area contributed by atoms with Gasteiger partial charge in [0.1, 0.15) is 11.5 Å². The highest BCUT2D eigenvalue weighted by atomic mass is 16.5. The number of carbonyl (C=O) groups excluding carboxylic acids is 1. The van der Waals surface area contributed by atoms with Gasteiger partial charge in [-0.3, -0.25) is 4.79 Å². The predicted molar refractivity (Wildman–Crippen MR) is 83.9 cm³/mol. The number of hydrogen-bond donors (Lipinski definition) is 1. The molecule has 1 N–H and O–H groups in total. The fraction of sp³-hybridized carbons (Fsp3) is 0.267. The first-order valence-electron chi connectivity index (χ1n) is 6.58. The van der Waals surface area contributed by atoms with Crippen LogP contribution < -0.4 is 19.7 Å². The van der Waals surface area contributed by atoms with Crippen LogP contribution in [0.15, 0.2) is 30.6 Å². The van der Waals surface area contributed by atoms with Gasteiger partial charge in [0, 0.05) is 32.6 Å². The Morgan fingerprint density at radius 3 is 2.36 bits per heavy atom. The highest BCUT2D eigenvalue weighted by Gasteiger charge is 2.12. The van der Waals surface area contributed by atoms with Crippen LogP contribution in [-0.4, -0.2) is 44.2 Å². The van der Waals surface area contributed by atoms with Gasteiger partial charge in [0.15, 0.2) is 0 Å². The minimum atomic E-state index is -0.322. The molecule has 0 atom stereocenters. The van der Waals surface area contributed by atoms with Crippen LogP contribution >= 0.6 is 0 Å². The van der Waals surface area contributed by atoms with E-state index in [2.05, 4.69) is 15.3 Å². The first kappa shape index (κ1) is 15.6. The van der Waals surface area contributed by atoms with Gasteiger partial charge in [-0.15, -0.1) is 0 Å². The van der Waals surface area contributed by atoms with Gasteiger partial charge < -0.3 is 19.7 Å². The monoisotopic (exact) mass is 302 g/mol. The number of anilines is 2. The van der Waals surface area contributed by atoms with E-state index in [1.54, 1.807) is 30.2 Å². The van der Waals surface area contributed by atoms with Crippen molar-refractivity contribution in [3.05, 3.63) is 36.2 Å². The summed E-state index contributed by atoms with van der Waals surface area (Å²) in [4.78, 5) is 22.2. The molecule has 0 aliphatic carbocycles. The molecule has 0 spiro atoms. The molecule has 1 heterocycles. The van der Waals surface area contributed by atoms with Crippen molar-refractivity contribution in [2.24, 2.45) is 0 Å². The molecule has 2 aromatic rings. The second-order valence-electron chi connectivity index (χ2n) is 4.69. The van der Waals surface area contributed by atoms with Crippen LogP contribution in [0.4, 0.5) is 11.6 Å². The maximum absolute atomic E-state index is 12.3. The molecule has 7 nitrogen and oxygen atoms in total. The third-order valence-electron chi connectivity index (χ3n) is 2.96. The van der Waals surface area contributed by atoms with Crippen molar-refractivity contribution < 1.29 is 14.3 Å². The molecular formula is C15H18N4O3. The Labute approximate surface area is 128 Å². The van der Waals surface area contributed by atoms with Gasteiger partial charge in [-0.1, -0.05) is 0 Å². The normalized spacial score (nSPS) is 10.0. The molecule has 0 unspecified atom stereocenters. The van der Waals surface area contributed by atoms with E-state index in [1.165, 1.54) is 19.5 Å². The lowest BCUT2D eigenvalue weighted by Gasteiger charge is -2.12. The predicted octanol–water partition coefficient (Wildman–Crippen LogP) is 1.81. The summed E-state index contributed by atoms with van der Waals surface area (Å²) < 4.78 is 10.4. The Kier molecular flexibility index (Phi) is 4.77. The quantitative estimate of drug-likeness (QED) is 0.907. The molecule has 0 saturated heterocycles. The highest BCUT2D eigenvalue weighted by molar-refractivity contribution is 6.04. The zero-order valence-electron chi connectivity index (χ0n) is 13.0. The van der Waals surface area contributed by atoms with Gasteiger partial charge in [-0.25, -0.2) is 9.97 Å². The lowest BCUT2D eigenvalue weighted by Crippen LogP contribution is -2.16. The van der Waals surface area contributed by atoms with Gasteiger partial charge in [-0.05, 0) is 12.1 Å². The lowest BCUT2D eigenvalue weighted by atomic mass is 10.2. The minimum absolute atomic E-state index is 0.322. The smallest absolute Gasteiger partial charge is 0.258 e. The first-order valence-corrected chi connectivity index (χ1v) is 6.58. The van der Waals surface area contributed by atoms with E-state index in [1.807, 2.05) is 14.1 Å². The maximum Gasteiger partial charge on any atom is 0.258 e. The van der Waals surface area contributed by atoms with Crippen LogP contribution in [-0.2, 0) is 0 Å². The molecule has 0 saturated carbocycles. The summed E-state index contributed by atoms with van der Waals surface area (Å²) in [5.41, 5.74) is 0.874. The molecule has 1 aromatic heterocycles. The van der Waals surface area contributed by atoms with Crippen LogP contribution in [0.25, 0.3) is 0 Å². The second-order valence-corrected chi connectivity index (χ2v) is 4.69. The van der Waals surface area contributed by atoms with E-state index in [9.17, 15) is 4.79 Å². The number of hydrogen-bond acceptors (Lipinski definition) is 6. The summed E-state index contributed by atoms with van der Waals surface area (Å²) in [7, 11) is 6.75. The number of benzene rings is 1. The average Bonchev–Trinajstić information content (AvgIpc) is 2.54. The topological polar surface area (TPSA) is 76.6 Å². The molecule has 0 aliphatic rings. The van der Waals surface area contributed by atoms with Crippen molar-refractivity contribution in [3.63, 3.8) is 0 Å². The van der Waals surface area contributed by atoms with Gasteiger partial charge in [0.2, 0.25) is 5.95 Å². The number of nitrogens with zero attached hydrogens (tertiary/aromatic N) is 3. The zero-order chi connectivity index (χ0) is 16.1. The van der Waals surface area contributed by atoms with Crippen molar-refractivity contribution in [2.45, 2.75) is 0 Å². The van der Waals surface area contributed by atoms with Gasteiger partial charge in [0.25, 0.3) is 5.91 Å². The summed E-state index contributed by atoms with van der Waals surface area (Å²) in [6.07, 6.45) is 2.95. The number of nitrogens with one attached hydrogen (secondary N) is 1. The van der Waals surface area contributed by atoms with Crippen molar-refractivity contribution in [3.8, 4) is 11.5 Å². The molecule has 116 valence electrons. The van der Waals surface area contributed by atoms with Crippen LogP contribution in [0.2, 0.25) is 0 Å². The molecule has 1 aromatic carbocycles. The molecule has 0 fully saturated rings. The Morgan fingerprint density at radius 1 is 1.14 bits per heavy atom. The average molecular weight is 302 g/mol. The molecule has 7 heteroatoms. The Hall–Kier alpha value is -2.83. The van der Waals surface area contributed by atoms with Gasteiger partial charge in [0.05, 0.1) is 25.5 Å². The zero-order valence-corrected chi connectivity index (χ0v) is 13.0. The van der Waals surface area contributed by atoms with Crippen molar-refractivity contribution in [1.29, 1.82) is 0 Å². The molecular weight excluding hydrogens is 284 g/mol. The van der Waals surface area contributed by atoms with E-state index in [4.69, 9.17) is 9.47 Å². The van der Waals surface area contributed by atoms with Crippen molar-refractivity contribution in [1.82, 2.24) is 9.97 Å². The fourth-order valence-electron chi connectivity index (χ4n) is 1.78. The Morgan fingerprint density at radius 2 is 1.82 bits per heavy atom. The standard InChI is InChI=1S/C15H18N4O3/c1-19(2)15-16-8-10(9-17-15)14(20)18-12-7-11(21-3)5-6-13(12)22-4/h5-9H,1-4H3,(H,18,20). The van der Waals surface area contributed by atoms with E-state index >= 15 is 0 Å². The Balaban J connectivity index is 2.21. The number of carbonyl (C=O) groups is 1. The second kappa shape index (κ2) is 6.75. The number of aromatic nitrogens is 2. The van der Waals surface area contributed by atoms with E-state index in [0.29, 0.717) is 28.7 Å². The summed E-state index contributed by atoms with van der Waals surface area (Å²) in [5, 5.41) is 2.76. The van der Waals surface area contributed by atoms with Crippen LogP contribution in [0.5, 0.6) is 11.5 Å². The molecule has 22 heavy (non-hydrogen) atoms. The van der Waals surface area contributed by atoms with E-state index in [0.717, 1.165) is 0 Å². The van der Waals surface area contributed by atoms with Crippen molar-refractivity contribution >= 4 is 17.5 Å². The molecule has 0 bridgehead atoms. The number of rotatable bonds is 5. The Bertz CT molecular complexity index is 656. The summed E-state index contributed by atoms with van der Waals surface area (Å²) in [5.74, 6) is 1.38. The number of methoxy groups -OCH3 is 2. The first-order chi connectivity index (χ1) is 10.5. The van der Waals surface area contributed by atoms with E-state index in [-0.39, 0.29) is 5.91 Å². The van der Waals surface area contributed by atoms with Crippen molar-refractivity contribution in [2.75, 3.05) is 38.5 Å². The lowest BCUT2D eigenvalue weighted by molar-refractivity contribution is 0.102. The van der Waals surface area contributed by atoms with Gasteiger partial charge >= 0.3 is 0 Å². The molecule has 0 aliphatic heterocycles.